The number of carbonyl (C=O) groups is 1. The van der Waals surface area contributed by atoms with Crippen molar-refractivity contribution in [2.75, 3.05) is 12.4 Å². The molecule has 1 heterocycles. The van der Waals surface area contributed by atoms with Crippen LogP contribution < -0.4 is 0 Å². The Morgan fingerprint density at radius 2 is 2.39 bits per heavy atom. The molecule has 1 aromatic rings. The fraction of sp³-hybridized carbons (Fsp3) is 0.462. The summed E-state index contributed by atoms with van der Waals surface area (Å²) in [4.78, 5) is 11.9. The first-order valence-corrected chi connectivity index (χ1v) is 7.30. The average molecular weight is 287 g/mol. The van der Waals surface area contributed by atoms with Crippen molar-refractivity contribution in [1.29, 1.82) is 0 Å². The normalized spacial score (nSPS) is 19.1. The molecule has 0 amide bonds. The highest BCUT2D eigenvalue weighted by Gasteiger charge is 2.15. The number of benzene rings is 1. The van der Waals surface area contributed by atoms with Crippen molar-refractivity contribution in [1.82, 2.24) is 0 Å². The van der Waals surface area contributed by atoms with Crippen LogP contribution in [-0.2, 0) is 4.74 Å². The second-order valence-electron chi connectivity index (χ2n) is 4.22. The van der Waals surface area contributed by atoms with E-state index < -0.39 is 5.97 Å². The van der Waals surface area contributed by atoms with Crippen LogP contribution in [0, 0.1) is 0 Å². The van der Waals surface area contributed by atoms with Gasteiger partial charge in [-0.3, -0.25) is 0 Å². The minimum absolute atomic E-state index is 0.166. The largest absolute Gasteiger partial charge is 0.478 e. The maximum Gasteiger partial charge on any atom is 0.337 e. The van der Waals surface area contributed by atoms with Crippen LogP contribution in [0.1, 0.15) is 29.6 Å². The molecule has 98 valence electrons. The third-order valence-corrected chi connectivity index (χ3v) is 4.26. The van der Waals surface area contributed by atoms with Crippen molar-refractivity contribution in [2.24, 2.45) is 0 Å². The van der Waals surface area contributed by atoms with E-state index in [-0.39, 0.29) is 10.6 Å². The Morgan fingerprint density at radius 1 is 1.56 bits per heavy atom. The predicted octanol–water partition coefficient (Wildman–Crippen LogP) is 3.70. The molecule has 5 heteroatoms. The zero-order chi connectivity index (χ0) is 13.0. The smallest absolute Gasteiger partial charge is 0.337 e. The Morgan fingerprint density at radius 3 is 3.06 bits per heavy atom. The number of carboxylic acid groups (broad SMARTS) is 1. The van der Waals surface area contributed by atoms with Gasteiger partial charge in [0.1, 0.15) is 0 Å². The summed E-state index contributed by atoms with van der Waals surface area (Å²) in [6.07, 6.45) is 3.68. The number of hydrogen-bond donors (Lipinski definition) is 1. The second kappa shape index (κ2) is 6.45. The van der Waals surface area contributed by atoms with Crippen LogP contribution >= 0.6 is 23.4 Å². The van der Waals surface area contributed by atoms with Gasteiger partial charge in [0.25, 0.3) is 0 Å². The Kier molecular flexibility index (Phi) is 4.92. The molecule has 1 fully saturated rings. The van der Waals surface area contributed by atoms with Gasteiger partial charge in [-0.1, -0.05) is 11.6 Å². The summed E-state index contributed by atoms with van der Waals surface area (Å²) < 4.78 is 5.54. The van der Waals surface area contributed by atoms with Gasteiger partial charge in [-0.2, -0.15) is 0 Å². The molecule has 1 saturated heterocycles. The molecule has 0 bridgehead atoms. The van der Waals surface area contributed by atoms with Crippen molar-refractivity contribution in [2.45, 2.75) is 30.3 Å². The molecule has 1 aromatic carbocycles. The fourth-order valence-corrected chi connectivity index (χ4v) is 3.12. The predicted molar refractivity (Wildman–Crippen MR) is 72.7 cm³/mol. The highest BCUT2D eigenvalue weighted by Crippen LogP contribution is 2.26. The first-order chi connectivity index (χ1) is 8.66. The summed E-state index contributed by atoms with van der Waals surface area (Å²) in [6, 6.07) is 5.12. The molecule has 1 unspecified atom stereocenters. The second-order valence-corrected chi connectivity index (χ2v) is 5.79. The number of rotatable bonds is 5. The van der Waals surface area contributed by atoms with Crippen molar-refractivity contribution in [3.63, 3.8) is 0 Å². The number of aromatic carboxylic acids is 1. The van der Waals surface area contributed by atoms with Gasteiger partial charge in [-0.05, 0) is 37.5 Å². The summed E-state index contributed by atoms with van der Waals surface area (Å²) in [5, 5.41) is 9.26. The lowest BCUT2D eigenvalue weighted by molar-refractivity contribution is 0.0696. The monoisotopic (exact) mass is 286 g/mol. The molecule has 1 aliphatic rings. The topological polar surface area (TPSA) is 46.5 Å². The number of carboxylic acids is 1. The van der Waals surface area contributed by atoms with E-state index >= 15 is 0 Å². The van der Waals surface area contributed by atoms with Gasteiger partial charge in [0.15, 0.2) is 0 Å². The van der Waals surface area contributed by atoms with Gasteiger partial charge in [0.2, 0.25) is 0 Å². The summed E-state index contributed by atoms with van der Waals surface area (Å²) in [5.74, 6) is -0.0488. The molecule has 0 spiro atoms. The van der Waals surface area contributed by atoms with Crippen LogP contribution in [0.3, 0.4) is 0 Å². The average Bonchev–Trinajstić information content (AvgIpc) is 2.84. The van der Waals surface area contributed by atoms with E-state index in [2.05, 4.69) is 0 Å². The minimum atomic E-state index is -0.985. The summed E-state index contributed by atoms with van der Waals surface area (Å²) in [7, 11) is 0. The quantitative estimate of drug-likeness (QED) is 0.839. The molecular formula is C13H15ClO3S. The molecule has 1 aliphatic heterocycles. The van der Waals surface area contributed by atoms with E-state index in [0.717, 1.165) is 36.5 Å². The van der Waals surface area contributed by atoms with Gasteiger partial charge in [0, 0.05) is 17.3 Å². The zero-order valence-electron chi connectivity index (χ0n) is 9.89. The van der Waals surface area contributed by atoms with Crippen LogP contribution in [0.15, 0.2) is 23.1 Å². The number of thioether (sulfide) groups is 1. The number of halogens is 1. The van der Waals surface area contributed by atoms with Crippen molar-refractivity contribution < 1.29 is 14.6 Å². The number of ether oxygens (including phenoxy) is 1. The van der Waals surface area contributed by atoms with Crippen molar-refractivity contribution >= 4 is 29.3 Å². The van der Waals surface area contributed by atoms with Gasteiger partial charge < -0.3 is 9.84 Å². The molecule has 2 rings (SSSR count). The zero-order valence-corrected chi connectivity index (χ0v) is 11.5. The SMILES string of the molecule is O=C(O)c1cc(SCCC2CCCO2)ccc1Cl. The van der Waals surface area contributed by atoms with Gasteiger partial charge in [0.05, 0.1) is 16.7 Å². The summed E-state index contributed by atoms with van der Waals surface area (Å²) in [6.45, 7) is 0.874. The third kappa shape index (κ3) is 3.64. The highest BCUT2D eigenvalue weighted by atomic mass is 35.5. The van der Waals surface area contributed by atoms with Crippen molar-refractivity contribution in [3.8, 4) is 0 Å². The van der Waals surface area contributed by atoms with Crippen molar-refractivity contribution in [3.05, 3.63) is 28.8 Å². The maximum atomic E-state index is 10.9. The lowest BCUT2D eigenvalue weighted by Gasteiger charge is -2.09. The lowest BCUT2D eigenvalue weighted by atomic mass is 10.2. The molecule has 0 aliphatic carbocycles. The Balaban J connectivity index is 1.88. The molecule has 1 N–H and O–H groups in total. The number of hydrogen-bond acceptors (Lipinski definition) is 3. The Hall–Kier alpha value is -0.710. The van der Waals surface area contributed by atoms with E-state index in [9.17, 15) is 4.79 Å². The third-order valence-electron chi connectivity index (χ3n) is 2.90. The summed E-state index contributed by atoms with van der Waals surface area (Å²) in [5.41, 5.74) is 0.166. The van der Waals surface area contributed by atoms with Gasteiger partial charge in [-0.15, -0.1) is 11.8 Å². The van der Waals surface area contributed by atoms with E-state index in [4.69, 9.17) is 21.4 Å². The first-order valence-electron chi connectivity index (χ1n) is 5.94. The molecular weight excluding hydrogens is 272 g/mol. The molecule has 0 aromatic heterocycles. The van der Waals surface area contributed by atoms with Crippen LogP contribution in [0.4, 0.5) is 0 Å². The summed E-state index contributed by atoms with van der Waals surface area (Å²) >= 11 is 7.46. The molecule has 1 atom stereocenters. The van der Waals surface area contributed by atoms with Crippen LogP contribution in [0.25, 0.3) is 0 Å². The molecule has 18 heavy (non-hydrogen) atoms. The molecule has 0 radical (unpaired) electrons. The van der Waals surface area contributed by atoms with E-state index in [1.165, 1.54) is 0 Å². The first kappa shape index (κ1) is 13.7. The fourth-order valence-electron chi connectivity index (χ4n) is 1.94. The Labute approximate surface area is 115 Å². The van der Waals surface area contributed by atoms with E-state index in [1.54, 1.807) is 23.9 Å². The standard InChI is InChI=1S/C13H15ClO3S/c14-12-4-3-10(8-11(12)13(15)16)18-7-5-9-2-1-6-17-9/h3-4,8-9H,1-2,5-7H2,(H,15,16). The van der Waals surface area contributed by atoms with Gasteiger partial charge >= 0.3 is 5.97 Å². The lowest BCUT2D eigenvalue weighted by Crippen LogP contribution is -2.05. The van der Waals surface area contributed by atoms with Crippen LogP contribution in [-0.4, -0.2) is 29.5 Å². The van der Waals surface area contributed by atoms with Gasteiger partial charge in [-0.25, -0.2) is 4.79 Å². The molecule has 3 nitrogen and oxygen atoms in total. The van der Waals surface area contributed by atoms with Crippen LogP contribution in [0.2, 0.25) is 5.02 Å². The van der Waals surface area contributed by atoms with Crippen LogP contribution in [0.5, 0.6) is 0 Å². The highest BCUT2D eigenvalue weighted by molar-refractivity contribution is 7.99. The Bertz CT molecular complexity index is 430. The van der Waals surface area contributed by atoms with E-state index in [1.807, 2.05) is 6.07 Å². The van der Waals surface area contributed by atoms with E-state index in [0.29, 0.717) is 6.10 Å². The maximum absolute atomic E-state index is 10.9. The minimum Gasteiger partial charge on any atom is -0.478 e. The molecule has 0 saturated carbocycles.